The van der Waals surface area contributed by atoms with E-state index in [2.05, 4.69) is 41.8 Å². The minimum atomic E-state index is -0.244. The lowest BCUT2D eigenvalue weighted by atomic mass is 10.1. The first kappa shape index (κ1) is 17.2. The van der Waals surface area contributed by atoms with Crippen LogP contribution in [0.4, 0.5) is 5.69 Å². The third-order valence-electron chi connectivity index (χ3n) is 4.36. The highest BCUT2D eigenvalue weighted by Crippen LogP contribution is 2.25. The number of hydrogen-bond acceptors (Lipinski definition) is 2. The summed E-state index contributed by atoms with van der Waals surface area (Å²) in [6.07, 6.45) is 2.20. The Morgan fingerprint density at radius 1 is 1.41 bits per heavy atom. The van der Waals surface area contributed by atoms with Gasteiger partial charge in [-0.2, -0.15) is 0 Å². The Labute approximate surface area is 145 Å². The molecule has 5 heteroatoms. The molecule has 1 aromatic rings. The van der Waals surface area contributed by atoms with Crippen LogP contribution in [0.2, 0.25) is 0 Å². The smallest absolute Gasteiger partial charge is 0.229 e. The number of hydrogen-bond donors (Lipinski definition) is 1. The van der Waals surface area contributed by atoms with Crippen molar-refractivity contribution in [1.82, 2.24) is 4.90 Å². The van der Waals surface area contributed by atoms with Crippen LogP contribution in [0, 0.1) is 16.4 Å². The minimum absolute atomic E-state index is 0.0499. The summed E-state index contributed by atoms with van der Waals surface area (Å²) >= 11 is 2.25. The molecule has 0 saturated carbocycles. The number of nitrogens with one attached hydrogen (secondary N) is 1. The molecule has 1 aromatic carbocycles. The van der Waals surface area contributed by atoms with Gasteiger partial charge in [-0.25, -0.2) is 0 Å². The van der Waals surface area contributed by atoms with Gasteiger partial charge in [-0.05, 0) is 66.1 Å². The van der Waals surface area contributed by atoms with E-state index in [1.54, 1.807) is 0 Å². The van der Waals surface area contributed by atoms with Crippen molar-refractivity contribution in [3.05, 3.63) is 27.3 Å². The summed E-state index contributed by atoms with van der Waals surface area (Å²) in [5.41, 5.74) is 1.88. The summed E-state index contributed by atoms with van der Waals surface area (Å²) < 4.78 is 1.14. The largest absolute Gasteiger partial charge is 0.339 e. The second-order valence-corrected chi connectivity index (χ2v) is 7.11. The number of nitrogens with zero attached hydrogens (tertiary/aromatic N) is 1. The predicted octanol–water partition coefficient (Wildman–Crippen LogP) is 3.58. The van der Waals surface area contributed by atoms with Gasteiger partial charge < -0.3 is 10.2 Å². The van der Waals surface area contributed by atoms with Crippen LogP contribution in [0.3, 0.4) is 0 Å². The van der Waals surface area contributed by atoms with E-state index < -0.39 is 0 Å². The fourth-order valence-electron chi connectivity index (χ4n) is 2.99. The Kier molecular flexibility index (Phi) is 5.83. The molecular formula is C17H23IN2O2. The van der Waals surface area contributed by atoms with Crippen LogP contribution < -0.4 is 5.32 Å². The molecular weight excluding hydrogens is 391 g/mol. The first-order chi connectivity index (χ1) is 10.5. The number of amides is 2. The van der Waals surface area contributed by atoms with Crippen molar-refractivity contribution in [2.24, 2.45) is 5.92 Å². The van der Waals surface area contributed by atoms with E-state index in [0.717, 1.165) is 27.7 Å². The Morgan fingerprint density at radius 3 is 2.68 bits per heavy atom. The van der Waals surface area contributed by atoms with Crippen molar-refractivity contribution >= 4 is 40.1 Å². The number of likely N-dealkylation sites (tertiary alicyclic amines) is 1. The van der Waals surface area contributed by atoms with E-state index >= 15 is 0 Å². The molecule has 1 atom stereocenters. The maximum absolute atomic E-state index is 12.5. The van der Waals surface area contributed by atoms with E-state index in [-0.39, 0.29) is 23.8 Å². The fraction of sp³-hybridized carbons (Fsp3) is 0.529. The highest BCUT2D eigenvalue weighted by Gasteiger charge is 2.36. The highest BCUT2D eigenvalue weighted by molar-refractivity contribution is 14.1. The number of carbonyl (C=O) groups excluding carboxylic acids is 2. The number of benzene rings is 1. The molecule has 2 amide bonds. The molecule has 1 N–H and O–H groups in total. The zero-order valence-electron chi connectivity index (χ0n) is 13.4. The summed E-state index contributed by atoms with van der Waals surface area (Å²) in [5.74, 6) is -0.189. The van der Waals surface area contributed by atoms with Gasteiger partial charge in [-0.3, -0.25) is 9.59 Å². The molecule has 0 bridgehead atoms. The first-order valence-electron chi connectivity index (χ1n) is 7.82. The SMILES string of the molecule is CCC(CC)N1CC(C(=O)Nc2ccc(I)cc2C)CC1=O. The number of halogens is 1. The molecule has 0 spiro atoms. The van der Waals surface area contributed by atoms with Gasteiger partial charge in [0.2, 0.25) is 11.8 Å². The summed E-state index contributed by atoms with van der Waals surface area (Å²) in [6.45, 7) is 6.70. The number of anilines is 1. The number of aryl methyl sites for hydroxylation is 1. The van der Waals surface area contributed by atoms with Gasteiger partial charge in [0, 0.05) is 28.3 Å². The third-order valence-corrected chi connectivity index (χ3v) is 5.03. The molecule has 2 rings (SSSR count). The van der Waals surface area contributed by atoms with Crippen LogP contribution in [-0.4, -0.2) is 29.3 Å². The molecule has 22 heavy (non-hydrogen) atoms. The van der Waals surface area contributed by atoms with E-state index in [1.807, 2.05) is 30.0 Å². The van der Waals surface area contributed by atoms with Crippen LogP contribution in [0.1, 0.15) is 38.7 Å². The lowest BCUT2D eigenvalue weighted by molar-refractivity contribution is -0.130. The van der Waals surface area contributed by atoms with Crippen molar-refractivity contribution in [2.45, 2.75) is 46.1 Å². The highest BCUT2D eigenvalue weighted by atomic mass is 127. The monoisotopic (exact) mass is 414 g/mol. The minimum Gasteiger partial charge on any atom is -0.339 e. The second kappa shape index (κ2) is 7.44. The molecule has 0 radical (unpaired) electrons. The maximum atomic E-state index is 12.5. The first-order valence-corrected chi connectivity index (χ1v) is 8.90. The summed E-state index contributed by atoms with van der Waals surface area (Å²) in [4.78, 5) is 26.5. The lowest BCUT2D eigenvalue weighted by Crippen LogP contribution is -2.36. The van der Waals surface area contributed by atoms with Crippen molar-refractivity contribution in [3.8, 4) is 0 Å². The second-order valence-electron chi connectivity index (χ2n) is 5.87. The zero-order chi connectivity index (χ0) is 16.3. The standard InChI is InChI=1S/C17H23IN2O2/c1-4-14(5-2)20-10-12(9-16(20)21)17(22)19-15-7-6-13(18)8-11(15)3/h6-8,12,14H,4-5,9-10H2,1-3H3,(H,19,22). The molecule has 1 unspecified atom stereocenters. The molecule has 1 aliphatic rings. The van der Waals surface area contributed by atoms with Crippen molar-refractivity contribution < 1.29 is 9.59 Å². The quantitative estimate of drug-likeness (QED) is 0.749. The molecule has 1 heterocycles. The van der Waals surface area contributed by atoms with Crippen molar-refractivity contribution in [2.75, 3.05) is 11.9 Å². The lowest BCUT2D eigenvalue weighted by Gasteiger charge is -2.26. The van der Waals surface area contributed by atoms with Crippen LogP contribution in [0.5, 0.6) is 0 Å². The summed E-state index contributed by atoms with van der Waals surface area (Å²) in [6, 6.07) is 6.18. The van der Waals surface area contributed by atoms with Crippen molar-refractivity contribution in [3.63, 3.8) is 0 Å². The Balaban J connectivity index is 2.03. The van der Waals surface area contributed by atoms with E-state index in [4.69, 9.17) is 0 Å². The van der Waals surface area contributed by atoms with E-state index in [0.29, 0.717) is 13.0 Å². The van der Waals surface area contributed by atoms with Gasteiger partial charge >= 0.3 is 0 Å². The van der Waals surface area contributed by atoms with Gasteiger partial charge in [0.15, 0.2) is 0 Å². The van der Waals surface area contributed by atoms with Gasteiger partial charge in [0.05, 0.1) is 5.92 Å². The Hall–Kier alpha value is -1.11. The normalized spacial score (nSPS) is 18.1. The summed E-state index contributed by atoms with van der Waals surface area (Å²) in [5, 5.41) is 2.97. The molecule has 0 aliphatic carbocycles. The fourth-order valence-corrected chi connectivity index (χ4v) is 3.64. The Bertz CT molecular complexity index is 570. The molecule has 1 saturated heterocycles. The molecule has 1 fully saturated rings. The summed E-state index contributed by atoms with van der Waals surface area (Å²) in [7, 11) is 0. The number of rotatable bonds is 5. The predicted molar refractivity (Wildman–Crippen MR) is 96.7 cm³/mol. The molecule has 1 aliphatic heterocycles. The van der Waals surface area contributed by atoms with Gasteiger partial charge in [-0.15, -0.1) is 0 Å². The molecule has 4 nitrogen and oxygen atoms in total. The van der Waals surface area contributed by atoms with Crippen LogP contribution in [0.15, 0.2) is 18.2 Å². The number of carbonyl (C=O) groups is 2. The van der Waals surface area contributed by atoms with Gasteiger partial charge in [0.25, 0.3) is 0 Å². The topological polar surface area (TPSA) is 49.4 Å². The van der Waals surface area contributed by atoms with E-state index in [9.17, 15) is 9.59 Å². The van der Waals surface area contributed by atoms with Crippen LogP contribution in [-0.2, 0) is 9.59 Å². The molecule has 120 valence electrons. The van der Waals surface area contributed by atoms with Crippen LogP contribution >= 0.6 is 22.6 Å². The average Bonchev–Trinajstić information content (AvgIpc) is 2.86. The van der Waals surface area contributed by atoms with Crippen LogP contribution in [0.25, 0.3) is 0 Å². The van der Waals surface area contributed by atoms with E-state index in [1.165, 1.54) is 0 Å². The maximum Gasteiger partial charge on any atom is 0.229 e. The average molecular weight is 414 g/mol. The zero-order valence-corrected chi connectivity index (χ0v) is 15.5. The molecule has 0 aromatic heterocycles. The Morgan fingerprint density at radius 2 is 2.09 bits per heavy atom. The van der Waals surface area contributed by atoms with Gasteiger partial charge in [-0.1, -0.05) is 13.8 Å². The van der Waals surface area contributed by atoms with Crippen molar-refractivity contribution in [1.29, 1.82) is 0 Å². The van der Waals surface area contributed by atoms with Gasteiger partial charge in [0.1, 0.15) is 0 Å². The third kappa shape index (κ3) is 3.80.